The fourth-order valence-corrected chi connectivity index (χ4v) is 1.59. The van der Waals surface area contributed by atoms with Crippen LogP contribution in [0.2, 0.25) is 0 Å². The summed E-state index contributed by atoms with van der Waals surface area (Å²) in [7, 11) is 0. The van der Waals surface area contributed by atoms with E-state index in [1.54, 1.807) is 0 Å². The molecular formula is C13H20N2O. The zero-order valence-electron chi connectivity index (χ0n) is 10.2. The van der Waals surface area contributed by atoms with Crippen molar-refractivity contribution in [3.05, 3.63) is 29.8 Å². The van der Waals surface area contributed by atoms with E-state index in [0.717, 1.165) is 11.3 Å². The molecular weight excluding hydrogens is 200 g/mol. The summed E-state index contributed by atoms with van der Waals surface area (Å²) in [5, 5.41) is 2.90. The molecule has 0 heterocycles. The molecule has 0 radical (unpaired) electrons. The van der Waals surface area contributed by atoms with Crippen LogP contribution in [-0.2, 0) is 10.2 Å². The zero-order chi connectivity index (χ0) is 12.2. The van der Waals surface area contributed by atoms with E-state index in [4.69, 9.17) is 5.73 Å². The first-order chi connectivity index (χ1) is 7.45. The fraction of sp³-hybridized carbons (Fsp3) is 0.462. The highest BCUT2D eigenvalue weighted by atomic mass is 16.1. The number of nitrogens with one attached hydrogen (secondary N) is 1. The van der Waals surface area contributed by atoms with Crippen LogP contribution in [0.3, 0.4) is 0 Å². The quantitative estimate of drug-likeness (QED) is 0.821. The Bertz CT molecular complexity index is 366. The summed E-state index contributed by atoms with van der Waals surface area (Å²) in [5.74, 6) is -0.0285. The number of amides is 1. The van der Waals surface area contributed by atoms with Crippen molar-refractivity contribution in [1.29, 1.82) is 0 Å². The smallest absolute Gasteiger partial charge is 0.225 e. The Morgan fingerprint density at radius 1 is 1.31 bits per heavy atom. The maximum absolute atomic E-state index is 11.5. The predicted molar refractivity (Wildman–Crippen MR) is 67.4 cm³/mol. The van der Waals surface area contributed by atoms with Crippen LogP contribution >= 0.6 is 0 Å². The maximum Gasteiger partial charge on any atom is 0.225 e. The van der Waals surface area contributed by atoms with E-state index in [-0.39, 0.29) is 11.3 Å². The van der Waals surface area contributed by atoms with Gasteiger partial charge in [-0.3, -0.25) is 4.79 Å². The normalized spacial score (nSPS) is 11.2. The molecule has 0 bridgehead atoms. The minimum atomic E-state index is -0.0285. The summed E-state index contributed by atoms with van der Waals surface area (Å²) in [6.07, 6.45) is 0.360. The Labute approximate surface area is 97.0 Å². The predicted octanol–water partition coefficient (Wildman–Crippen LogP) is 2.27. The number of rotatable bonds is 3. The molecule has 1 amide bonds. The first kappa shape index (κ1) is 12.7. The number of benzene rings is 1. The van der Waals surface area contributed by atoms with Gasteiger partial charge in [-0.15, -0.1) is 0 Å². The highest BCUT2D eigenvalue weighted by Crippen LogP contribution is 2.29. The number of hydrogen-bond acceptors (Lipinski definition) is 2. The van der Waals surface area contributed by atoms with Crippen LogP contribution in [0.4, 0.5) is 5.69 Å². The van der Waals surface area contributed by atoms with Crippen molar-refractivity contribution in [3.8, 4) is 0 Å². The van der Waals surface area contributed by atoms with Crippen molar-refractivity contribution < 1.29 is 4.79 Å². The minimum Gasteiger partial charge on any atom is -0.330 e. The van der Waals surface area contributed by atoms with Crippen LogP contribution in [0.25, 0.3) is 0 Å². The molecule has 1 aromatic carbocycles. The number of anilines is 1. The third-order valence-electron chi connectivity index (χ3n) is 2.38. The van der Waals surface area contributed by atoms with Gasteiger partial charge in [-0.05, 0) is 17.0 Å². The number of para-hydroxylation sites is 1. The van der Waals surface area contributed by atoms with Crippen LogP contribution in [0, 0.1) is 0 Å². The molecule has 88 valence electrons. The van der Waals surface area contributed by atoms with Gasteiger partial charge in [0.05, 0.1) is 0 Å². The average molecular weight is 220 g/mol. The SMILES string of the molecule is CC(C)(C)c1ccccc1NC(=O)CCN. The standard InChI is InChI=1S/C13H20N2O/c1-13(2,3)10-6-4-5-7-11(10)15-12(16)8-9-14/h4-7H,8-9,14H2,1-3H3,(H,15,16). The van der Waals surface area contributed by atoms with E-state index in [1.165, 1.54) is 0 Å². The van der Waals surface area contributed by atoms with Crippen LogP contribution in [-0.4, -0.2) is 12.5 Å². The first-order valence-corrected chi connectivity index (χ1v) is 5.54. The number of carbonyl (C=O) groups is 1. The van der Waals surface area contributed by atoms with Crippen molar-refractivity contribution in [1.82, 2.24) is 0 Å². The number of hydrogen-bond donors (Lipinski definition) is 2. The van der Waals surface area contributed by atoms with Gasteiger partial charge >= 0.3 is 0 Å². The number of nitrogens with two attached hydrogens (primary N) is 1. The average Bonchev–Trinajstić information content (AvgIpc) is 2.17. The molecule has 0 aromatic heterocycles. The Morgan fingerprint density at radius 2 is 1.94 bits per heavy atom. The van der Waals surface area contributed by atoms with Gasteiger partial charge in [0.2, 0.25) is 5.91 Å². The van der Waals surface area contributed by atoms with Gasteiger partial charge in [-0.2, -0.15) is 0 Å². The summed E-state index contributed by atoms with van der Waals surface area (Å²) in [4.78, 5) is 11.5. The molecule has 1 aromatic rings. The van der Waals surface area contributed by atoms with Crippen molar-refractivity contribution in [2.75, 3.05) is 11.9 Å². The second-order valence-corrected chi connectivity index (χ2v) is 4.88. The zero-order valence-corrected chi connectivity index (χ0v) is 10.2. The third kappa shape index (κ3) is 3.35. The lowest BCUT2D eigenvalue weighted by Crippen LogP contribution is -2.20. The first-order valence-electron chi connectivity index (χ1n) is 5.54. The number of carbonyl (C=O) groups excluding carboxylic acids is 1. The molecule has 16 heavy (non-hydrogen) atoms. The van der Waals surface area contributed by atoms with Gasteiger partial charge in [0.1, 0.15) is 0 Å². The van der Waals surface area contributed by atoms with Crippen LogP contribution in [0.5, 0.6) is 0 Å². The molecule has 3 heteroatoms. The van der Waals surface area contributed by atoms with Gasteiger partial charge in [-0.25, -0.2) is 0 Å². The third-order valence-corrected chi connectivity index (χ3v) is 2.38. The Balaban J connectivity index is 2.92. The molecule has 0 saturated carbocycles. The molecule has 0 fully saturated rings. The molecule has 0 aliphatic carbocycles. The lowest BCUT2D eigenvalue weighted by atomic mass is 9.86. The minimum absolute atomic E-state index is 0.0204. The van der Waals surface area contributed by atoms with Crippen molar-refractivity contribution in [2.45, 2.75) is 32.6 Å². The molecule has 0 spiro atoms. The van der Waals surface area contributed by atoms with Crippen molar-refractivity contribution >= 4 is 11.6 Å². The molecule has 0 unspecified atom stereocenters. The molecule has 3 nitrogen and oxygen atoms in total. The summed E-state index contributed by atoms with van der Waals surface area (Å²) in [5.41, 5.74) is 7.39. The molecule has 0 aliphatic rings. The van der Waals surface area contributed by atoms with Gasteiger partial charge in [0, 0.05) is 18.7 Å². The Morgan fingerprint density at radius 3 is 2.50 bits per heavy atom. The van der Waals surface area contributed by atoms with Crippen molar-refractivity contribution in [3.63, 3.8) is 0 Å². The second-order valence-electron chi connectivity index (χ2n) is 4.88. The van der Waals surface area contributed by atoms with Gasteiger partial charge < -0.3 is 11.1 Å². The van der Waals surface area contributed by atoms with Crippen LogP contribution in [0.1, 0.15) is 32.8 Å². The van der Waals surface area contributed by atoms with Crippen molar-refractivity contribution in [2.24, 2.45) is 5.73 Å². The van der Waals surface area contributed by atoms with E-state index >= 15 is 0 Å². The summed E-state index contributed by atoms with van der Waals surface area (Å²) < 4.78 is 0. The molecule has 0 atom stereocenters. The molecule has 1 rings (SSSR count). The maximum atomic E-state index is 11.5. The van der Waals surface area contributed by atoms with E-state index in [1.807, 2.05) is 24.3 Å². The monoisotopic (exact) mass is 220 g/mol. The molecule has 0 saturated heterocycles. The molecule has 0 aliphatic heterocycles. The van der Waals surface area contributed by atoms with E-state index < -0.39 is 0 Å². The molecule has 3 N–H and O–H groups in total. The van der Waals surface area contributed by atoms with Gasteiger partial charge in [-0.1, -0.05) is 39.0 Å². The van der Waals surface area contributed by atoms with E-state index in [2.05, 4.69) is 26.1 Å². The van der Waals surface area contributed by atoms with E-state index in [9.17, 15) is 4.79 Å². The summed E-state index contributed by atoms with van der Waals surface area (Å²) in [6.45, 7) is 6.76. The highest BCUT2D eigenvalue weighted by molar-refractivity contribution is 5.91. The van der Waals surface area contributed by atoms with E-state index in [0.29, 0.717) is 13.0 Å². The lowest BCUT2D eigenvalue weighted by Gasteiger charge is -2.22. The lowest BCUT2D eigenvalue weighted by molar-refractivity contribution is -0.116. The Kier molecular flexibility index (Phi) is 4.07. The topological polar surface area (TPSA) is 55.1 Å². The summed E-state index contributed by atoms with van der Waals surface area (Å²) >= 11 is 0. The largest absolute Gasteiger partial charge is 0.330 e. The summed E-state index contributed by atoms with van der Waals surface area (Å²) in [6, 6.07) is 7.87. The Hall–Kier alpha value is -1.35. The fourth-order valence-electron chi connectivity index (χ4n) is 1.59. The van der Waals surface area contributed by atoms with Gasteiger partial charge in [0.25, 0.3) is 0 Å². The highest BCUT2D eigenvalue weighted by Gasteiger charge is 2.18. The second kappa shape index (κ2) is 5.12. The van der Waals surface area contributed by atoms with Crippen LogP contribution < -0.4 is 11.1 Å². The van der Waals surface area contributed by atoms with Crippen LogP contribution in [0.15, 0.2) is 24.3 Å². The van der Waals surface area contributed by atoms with Gasteiger partial charge in [0.15, 0.2) is 0 Å².